The molecule has 1 atom stereocenters. The van der Waals surface area contributed by atoms with E-state index in [1.807, 2.05) is 24.8 Å². The van der Waals surface area contributed by atoms with Gasteiger partial charge in [-0.05, 0) is 38.3 Å². The molecule has 2 amide bonds. The van der Waals surface area contributed by atoms with Crippen LogP contribution in [0.2, 0.25) is 5.02 Å². The van der Waals surface area contributed by atoms with E-state index >= 15 is 0 Å². The van der Waals surface area contributed by atoms with Crippen LogP contribution in [0.25, 0.3) is 0 Å². The van der Waals surface area contributed by atoms with Crippen molar-refractivity contribution in [3.05, 3.63) is 22.7 Å². The van der Waals surface area contributed by atoms with Gasteiger partial charge in [-0.15, -0.1) is 0 Å². The average Bonchev–Trinajstić information content (AvgIpc) is 3.48. The van der Waals surface area contributed by atoms with Crippen LogP contribution in [0.3, 0.4) is 0 Å². The van der Waals surface area contributed by atoms with Crippen molar-refractivity contribution >= 4 is 29.1 Å². The lowest BCUT2D eigenvalue weighted by atomic mass is 10.1. The second-order valence-electron chi connectivity index (χ2n) is 7.10. The molecule has 0 bridgehead atoms. The average molecular weight is 380 g/mol. The van der Waals surface area contributed by atoms with Crippen molar-refractivity contribution in [3.8, 4) is 5.75 Å². The number of aryl methyl sites for hydroxylation is 1. The van der Waals surface area contributed by atoms with Crippen LogP contribution in [0.4, 0.5) is 5.69 Å². The summed E-state index contributed by atoms with van der Waals surface area (Å²) < 4.78 is 5.32. The summed E-state index contributed by atoms with van der Waals surface area (Å²) in [5.41, 5.74) is 1.50. The van der Waals surface area contributed by atoms with Crippen molar-refractivity contribution in [2.24, 2.45) is 5.92 Å². The van der Waals surface area contributed by atoms with Gasteiger partial charge in [0.1, 0.15) is 5.75 Å². The number of carbonyl (C=O) groups is 2. The molecule has 7 heteroatoms. The first-order chi connectivity index (χ1) is 12.4. The lowest BCUT2D eigenvalue weighted by molar-refractivity contribution is -0.135. The number of hydrogen-bond donors (Lipinski definition) is 1. The first kappa shape index (κ1) is 19.0. The van der Waals surface area contributed by atoms with Crippen molar-refractivity contribution in [2.75, 3.05) is 38.6 Å². The summed E-state index contributed by atoms with van der Waals surface area (Å²) >= 11 is 6.12. The van der Waals surface area contributed by atoms with Gasteiger partial charge in [0.2, 0.25) is 11.8 Å². The molecule has 6 nitrogen and oxygen atoms in total. The lowest BCUT2D eigenvalue weighted by Crippen LogP contribution is -2.54. The number of halogens is 1. The number of benzene rings is 1. The Morgan fingerprint density at radius 3 is 2.46 bits per heavy atom. The highest BCUT2D eigenvalue weighted by Crippen LogP contribution is 2.32. The number of nitrogens with zero attached hydrogens (tertiary/aromatic N) is 2. The van der Waals surface area contributed by atoms with Crippen LogP contribution < -0.4 is 10.1 Å². The minimum atomic E-state index is -0.283. The number of anilines is 1. The predicted octanol–water partition coefficient (Wildman–Crippen LogP) is 2.54. The Hall–Kier alpha value is -1.79. The Morgan fingerprint density at radius 2 is 1.88 bits per heavy atom. The standard InChI is InChI=1S/C19H26ClN3O3/c1-12-10-16(17(26-3)11-15(12)20)21-18(24)13(2)22-6-8-23(9-7-22)19(25)14-4-5-14/h10-11,13-14H,4-9H2,1-3H3,(H,21,24)/t13-/m0/s1. The molecule has 1 N–H and O–H groups in total. The SMILES string of the molecule is COc1cc(Cl)c(C)cc1NC(=O)[C@H](C)N1CCN(C(=O)C2CC2)CC1. The molecule has 0 unspecified atom stereocenters. The number of carbonyl (C=O) groups excluding carboxylic acids is 2. The zero-order valence-electron chi connectivity index (χ0n) is 15.5. The predicted molar refractivity (Wildman–Crippen MR) is 102 cm³/mol. The number of hydrogen-bond acceptors (Lipinski definition) is 4. The van der Waals surface area contributed by atoms with Crippen molar-refractivity contribution in [2.45, 2.75) is 32.7 Å². The zero-order chi connectivity index (χ0) is 18.8. The molecule has 1 aromatic carbocycles. The summed E-state index contributed by atoms with van der Waals surface area (Å²) in [6.45, 7) is 6.58. The maximum absolute atomic E-state index is 12.7. The molecule has 0 spiro atoms. The Balaban J connectivity index is 1.58. The van der Waals surface area contributed by atoms with E-state index in [-0.39, 0.29) is 23.8 Å². The highest BCUT2D eigenvalue weighted by molar-refractivity contribution is 6.31. The molecule has 1 saturated carbocycles. The van der Waals surface area contributed by atoms with Crippen molar-refractivity contribution in [1.82, 2.24) is 9.80 Å². The van der Waals surface area contributed by atoms with E-state index in [1.165, 1.54) is 0 Å². The Kier molecular flexibility index (Phi) is 5.73. The summed E-state index contributed by atoms with van der Waals surface area (Å²) in [5, 5.41) is 3.55. The van der Waals surface area contributed by atoms with Crippen LogP contribution in [0.5, 0.6) is 5.75 Å². The number of ether oxygens (including phenoxy) is 1. The molecule has 142 valence electrons. The van der Waals surface area contributed by atoms with Gasteiger partial charge < -0.3 is 15.0 Å². The number of amides is 2. The van der Waals surface area contributed by atoms with Gasteiger partial charge >= 0.3 is 0 Å². The number of methoxy groups -OCH3 is 1. The van der Waals surface area contributed by atoms with Crippen LogP contribution in [0, 0.1) is 12.8 Å². The van der Waals surface area contributed by atoms with Crippen LogP contribution in [-0.2, 0) is 9.59 Å². The maximum atomic E-state index is 12.7. The van der Waals surface area contributed by atoms with Gasteiger partial charge in [-0.2, -0.15) is 0 Å². The van der Waals surface area contributed by atoms with Gasteiger partial charge in [0.05, 0.1) is 18.8 Å². The maximum Gasteiger partial charge on any atom is 0.241 e. The van der Waals surface area contributed by atoms with Gasteiger partial charge in [0.15, 0.2) is 0 Å². The third-order valence-electron chi connectivity index (χ3n) is 5.22. The highest BCUT2D eigenvalue weighted by atomic mass is 35.5. The second kappa shape index (κ2) is 7.84. The number of nitrogens with one attached hydrogen (secondary N) is 1. The van der Waals surface area contributed by atoms with E-state index in [0.717, 1.165) is 18.4 Å². The van der Waals surface area contributed by atoms with E-state index in [4.69, 9.17) is 16.3 Å². The quantitative estimate of drug-likeness (QED) is 0.854. The summed E-state index contributed by atoms with van der Waals surface area (Å²) in [7, 11) is 1.55. The van der Waals surface area contributed by atoms with Crippen molar-refractivity contribution in [1.29, 1.82) is 0 Å². The molecular formula is C19H26ClN3O3. The molecular weight excluding hydrogens is 354 g/mol. The molecule has 0 aromatic heterocycles. The van der Waals surface area contributed by atoms with E-state index in [0.29, 0.717) is 42.6 Å². The molecule has 26 heavy (non-hydrogen) atoms. The minimum absolute atomic E-state index is 0.0907. The van der Waals surface area contributed by atoms with Gasteiger partial charge in [-0.25, -0.2) is 0 Å². The van der Waals surface area contributed by atoms with Gasteiger partial charge in [0.25, 0.3) is 0 Å². The van der Waals surface area contributed by atoms with Gasteiger partial charge in [-0.3, -0.25) is 14.5 Å². The zero-order valence-corrected chi connectivity index (χ0v) is 16.3. The molecule has 1 saturated heterocycles. The summed E-state index contributed by atoms with van der Waals surface area (Å²) in [4.78, 5) is 28.9. The molecule has 1 heterocycles. The summed E-state index contributed by atoms with van der Waals surface area (Å²) in [6, 6.07) is 3.24. The van der Waals surface area contributed by atoms with Gasteiger partial charge in [-0.1, -0.05) is 11.6 Å². The lowest BCUT2D eigenvalue weighted by Gasteiger charge is -2.37. The molecule has 2 fully saturated rings. The second-order valence-corrected chi connectivity index (χ2v) is 7.51. The Labute approximate surface area is 159 Å². The molecule has 1 aromatic rings. The third kappa shape index (κ3) is 4.13. The Morgan fingerprint density at radius 1 is 1.23 bits per heavy atom. The van der Waals surface area contributed by atoms with Crippen LogP contribution >= 0.6 is 11.6 Å². The first-order valence-electron chi connectivity index (χ1n) is 9.08. The molecule has 0 radical (unpaired) electrons. The van der Waals surface area contributed by atoms with E-state index in [2.05, 4.69) is 10.2 Å². The molecule has 3 rings (SSSR count). The van der Waals surface area contributed by atoms with Crippen LogP contribution in [0.1, 0.15) is 25.3 Å². The summed E-state index contributed by atoms with van der Waals surface area (Å²) in [6.07, 6.45) is 2.06. The normalized spacial score (nSPS) is 19.2. The van der Waals surface area contributed by atoms with Crippen LogP contribution in [-0.4, -0.2) is 60.9 Å². The van der Waals surface area contributed by atoms with E-state index in [1.54, 1.807) is 13.2 Å². The fraction of sp³-hybridized carbons (Fsp3) is 0.579. The van der Waals surface area contributed by atoms with E-state index < -0.39 is 0 Å². The number of rotatable bonds is 5. The summed E-state index contributed by atoms with van der Waals surface area (Å²) in [5.74, 6) is 0.985. The first-order valence-corrected chi connectivity index (χ1v) is 9.46. The topological polar surface area (TPSA) is 61.9 Å². The number of piperazine rings is 1. The van der Waals surface area contributed by atoms with Crippen molar-refractivity contribution in [3.63, 3.8) is 0 Å². The Bertz CT molecular complexity index is 698. The van der Waals surface area contributed by atoms with Gasteiger partial charge in [0, 0.05) is 43.2 Å². The third-order valence-corrected chi connectivity index (χ3v) is 5.63. The fourth-order valence-corrected chi connectivity index (χ4v) is 3.40. The minimum Gasteiger partial charge on any atom is -0.495 e. The van der Waals surface area contributed by atoms with Crippen LogP contribution in [0.15, 0.2) is 12.1 Å². The fourth-order valence-electron chi connectivity index (χ4n) is 3.25. The highest BCUT2D eigenvalue weighted by Gasteiger charge is 2.35. The van der Waals surface area contributed by atoms with E-state index in [9.17, 15) is 9.59 Å². The monoisotopic (exact) mass is 379 g/mol. The smallest absolute Gasteiger partial charge is 0.241 e. The molecule has 1 aliphatic heterocycles. The molecule has 2 aliphatic rings. The van der Waals surface area contributed by atoms with Crippen molar-refractivity contribution < 1.29 is 14.3 Å². The molecule has 1 aliphatic carbocycles. The largest absolute Gasteiger partial charge is 0.495 e.